The van der Waals surface area contributed by atoms with Gasteiger partial charge in [-0.3, -0.25) is 20.0 Å². The van der Waals surface area contributed by atoms with Crippen LogP contribution in [0.3, 0.4) is 0 Å². The molecule has 1 saturated heterocycles. The molecule has 1 aliphatic heterocycles. The van der Waals surface area contributed by atoms with E-state index in [9.17, 15) is 14.0 Å². The quantitative estimate of drug-likeness (QED) is 0.688. The van der Waals surface area contributed by atoms with Crippen molar-refractivity contribution in [2.45, 2.75) is 32.7 Å². The van der Waals surface area contributed by atoms with E-state index in [4.69, 9.17) is 11.6 Å². The summed E-state index contributed by atoms with van der Waals surface area (Å²) in [5.41, 5.74) is 0.756. The molecule has 0 aromatic rings. The van der Waals surface area contributed by atoms with Gasteiger partial charge in [0.05, 0.1) is 6.54 Å². The number of halogens is 2. The van der Waals surface area contributed by atoms with E-state index in [1.54, 1.807) is 18.2 Å². The first-order valence-electron chi connectivity index (χ1n) is 10.1. The van der Waals surface area contributed by atoms with Crippen LogP contribution in [-0.4, -0.2) is 53.9 Å². The zero-order valence-corrected chi connectivity index (χ0v) is 18.8. The Labute approximate surface area is 187 Å². The van der Waals surface area contributed by atoms with Crippen molar-refractivity contribution in [1.82, 2.24) is 15.1 Å². The molecule has 0 atom stereocenters. The number of allylic oxidation sites excluding steroid dienone is 10. The molecule has 0 saturated carbocycles. The second-order valence-corrected chi connectivity index (χ2v) is 7.70. The second-order valence-electron chi connectivity index (χ2n) is 7.27. The molecule has 3 aliphatic rings. The van der Waals surface area contributed by atoms with E-state index >= 15 is 0 Å². The Morgan fingerprint density at radius 3 is 2.65 bits per heavy atom. The monoisotopic (exact) mass is 446 g/mol. The predicted molar refractivity (Wildman–Crippen MR) is 123 cm³/mol. The van der Waals surface area contributed by atoms with Crippen LogP contribution in [0, 0.1) is 0 Å². The summed E-state index contributed by atoms with van der Waals surface area (Å²) in [6, 6.07) is -0.426. The van der Waals surface area contributed by atoms with Gasteiger partial charge in [-0.15, -0.1) is 0 Å². The third kappa shape index (κ3) is 7.68. The fraction of sp³-hybridized carbons (Fsp3) is 0.348. The van der Waals surface area contributed by atoms with Crippen molar-refractivity contribution in [3.63, 3.8) is 0 Å². The van der Waals surface area contributed by atoms with Gasteiger partial charge in [0.1, 0.15) is 12.4 Å². The normalized spacial score (nSPS) is 20.3. The first kappa shape index (κ1) is 24.3. The topological polar surface area (TPSA) is 65.0 Å². The molecule has 1 fully saturated rings. The Bertz CT molecular complexity index is 897. The van der Waals surface area contributed by atoms with Crippen LogP contribution in [0.15, 0.2) is 76.1 Å². The number of guanidine groups is 1. The average molecular weight is 447 g/mol. The van der Waals surface area contributed by atoms with E-state index < -0.39 is 0 Å². The number of nitrogens with one attached hydrogen (secondary N) is 1. The Balaban J connectivity index is 0.000000357. The summed E-state index contributed by atoms with van der Waals surface area (Å²) < 4.78 is 13.3. The second kappa shape index (κ2) is 12.1. The van der Waals surface area contributed by atoms with Crippen LogP contribution < -0.4 is 5.32 Å². The van der Waals surface area contributed by atoms with Crippen LogP contribution in [0.2, 0.25) is 0 Å². The summed E-state index contributed by atoms with van der Waals surface area (Å²) in [6.07, 6.45) is 17.6. The highest BCUT2D eigenvalue weighted by molar-refractivity contribution is 6.31. The number of urea groups is 1. The minimum Gasteiger partial charge on any atom is -0.313 e. The molecule has 0 radical (unpaired) electrons. The molecule has 1 N–H and O–H groups in total. The van der Waals surface area contributed by atoms with Crippen LogP contribution >= 0.6 is 11.6 Å². The van der Waals surface area contributed by atoms with Gasteiger partial charge in [0.2, 0.25) is 11.9 Å². The predicted octanol–water partition coefficient (Wildman–Crippen LogP) is 4.60. The van der Waals surface area contributed by atoms with Gasteiger partial charge in [-0.05, 0) is 44.1 Å². The number of hydrogen-bond acceptors (Lipinski definition) is 3. The van der Waals surface area contributed by atoms with Crippen LogP contribution in [0.1, 0.15) is 26.7 Å². The lowest BCUT2D eigenvalue weighted by Crippen LogP contribution is -2.49. The summed E-state index contributed by atoms with van der Waals surface area (Å²) in [5, 5.41) is 3.45. The highest BCUT2D eigenvalue weighted by Gasteiger charge is 2.33. The summed E-state index contributed by atoms with van der Waals surface area (Å²) in [4.78, 5) is 31.6. The fourth-order valence-corrected chi connectivity index (χ4v) is 3.07. The molecule has 0 unspecified atom stereocenters. The van der Waals surface area contributed by atoms with Gasteiger partial charge >= 0.3 is 6.03 Å². The molecule has 31 heavy (non-hydrogen) atoms. The van der Waals surface area contributed by atoms with Crippen molar-refractivity contribution in [2.24, 2.45) is 4.99 Å². The van der Waals surface area contributed by atoms with Crippen LogP contribution in [0.4, 0.5) is 9.18 Å². The van der Waals surface area contributed by atoms with Gasteiger partial charge in [-0.1, -0.05) is 48.1 Å². The van der Waals surface area contributed by atoms with Crippen molar-refractivity contribution < 1.29 is 14.0 Å². The Morgan fingerprint density at radius 1 is 1.16 bits per heavy atom. The van der Waals surface area contributed by atoms with E-state index in [-0.39, 0.29) is 49.3 Å². The molecule has 1 heterocycles. The van der Waals surface area contributed by atoms with Crippen molar-refractivity contribution >= 4 is 29.5 Å². The van der Waals surface area contributed by atoms with Crippen molar-refractivity contribution in [2.75, 3.05) is 20.1 Å². The molecular weight excluding hydrogens is 419 g/mol. The zero-order valence-electron chi connectivity index (χ0n) is 18.0. The zero-order chi connectivity index (χ0) is 22.8. The van der Waals surface area contributed by atoms with E-state index in [1.165, 1.54) is 22.9 Å². The molecule has 3 amide bonds. The number of hydrogen-bond donors (Lipinski definition) is 1. The molecule has 166 valence electrons. The van der Waals surface area contributed by atoms with Gasteiger partial charge in [0.15, 0.2) is 0 Å². The molecule has 0 aromatic carbocycles. The SMILES string of the molecule is CN=C1NC(=O)CN(C(C)C)C(=O)N1CC1=CC=C(F)CC=C1.ClC1=CC=CCC=C1. The highest BCUT2D eigenvalue weighted by Crippen LogP contribution is 2.16. The summed E-state index contributed by atoms with van der Waals surface area (Å²) in [5.74, 6) is -0.322. The number of rotatable bonds is 3. The minimum absolute atomic E-state index is 0.0184. The van der Waals surface area contributed by atoms with Gasteiger partial charge in [0.25, 0.3) is 0 Å². The maximum atomic E-state index is 13.3. The maximum absolute atomic E-state index is 13.3. The van der Waals surface area contributed by atoms with Crippen LogP contribution in [0.5, 0.6) is 0 Å². The number of carbonyl (C=O) groups is 2. The maximum Gasteiger partial charge on any atom is 0.327 e. The highest BCUT2D eigenvalue weighted by atomic mass is 35.5. The average Bonchev–Trinajstić information content (AvgIpc) is 3.14. The van der Waals surface area contributed by atoms with Gasteiger partial charge in [-0.2, -0.15) is 0 Å². The summed E-state index contributed by atoms with van der Waals surface area (Å²) >= 11 is 5.64. The standard InChI is InChI=1S/C16H21FN4O2.C7H7Cl/c1-11(2)20-10-14(22)19-15(18-3)21(16(20)23)9-12-5-4-6-13(17)8-7-12;8-7-5-3-1-2-4-6-7/h4-5,7-8,11H,6,9-10H2,1-3H3,(H,18,19,22);1,3-6H,2H2. The molecular formula is C23H28ClFN4O2. The van der Waals surface area contributed by atoms with Gasteiger partial charge < -0.3 is 4.90 Å². The number of amides is 3. The Morgan fingerprint density at radius 2 is 1.94 bits per heavy atom. The molecule has 0 aromatic heterocycles. The lowest BCUT2D eigenvalue weighted by Gasteiger charge is -2.29. The lowest BCUT2D eigenvalue weighted by molar-refractivity contribution is -0.120. The molecule has 2 aliphatic carbocycles. The molecule has 6 nitrogen and oxygen atoms in total. The number of carbonyl (C=O) groups excluding carboxylic acids is 2. The van der Waals surface area contributed by atoms with E-state index in [2.05, 4.69) is 16.4 Å². The van der Waals surface area contributed by atoms with Crippen molar-refractivity contribution in [3.8, 4) is 0 Å². The largest absolute Gasteiger partial charge is 0.327 e. The molecule has 0 bridgehead atoms. The van der Waals surface area contributed by atoms with Crippen molar-refractivity contribution in [3.05, 3.63) is 71.1 Å². The number of aliphatic imine (C=N–C) groups is 1. The smallest absolute Gasteiger partial charge is 0.313 e. The number of nitrogens with zero attached hydrogens (tertiary/aromatic N) is 3. The minimum atomic E-state index is -0.304. The first-order valence-corrected chi connectivity index (χ1v) is 10.4. The van der Waals surface area contributed by atoms with E-state index in [0.717, 1.165) is 17.0 Å². The molecule has 8 heteroatoms. The van der Waals surface area contributed by atoms with Crippen molar-refractivity contribution in [1.29, 1.82) is 0 Å². The van der Waals surface area contributed by atoms with Gasteiger partial charge in [0, 0.05) is 24.5 Å². The van der Waals surface area contributed by atoms with E-state index in [0.29, 0.717) is 0 Å². The Hall–Kier alpha value is -2.93. The lowest BCUT2D eigenvalue weighted by atomic mass is 10.2. The third-order valence-electron chi connectivity index (χ3n) is 4.54. The summed E-state index contributed by atoms with van der Waals surface area (Å²) in [6.45, 7) is 3.88. The van der Waals surface area contributed by atoms with Gasteiger partial charge in [-0.25, -0.2) is 9.18 Å². The van der Waals surface area contributed by atoms with Crippen LogP contribution in [-0.2, 0) is 4.79 Å². The van der Waals surface area contributed by atoms with Crippen LogP contribution in [0.25, 0.3) is 0 Å². The fourth-order valence-electron chi connectivity index (χ4n) is 2.91. The molecule has 0 spiro atoms. The van der Waals surface area contributed by atoms with E-state index in [1.807, 2.05) is 38.2 Å². The first-order chi connectivity index (χ1) is 14.8. The molecule has 3 rings (SSSR count). The third-order valence-corrected chi connectivity index (χ3v) is 4.79. The summed E-state index contributed by atoms with van der Waals surface area (Å²) in [7, 11) is 1.51. The Kier molecular flexibility index (Phi) is 9.46.